The van der Waals surface area contributed by atoms with Crippen molar-refractivity contribution in [3.63, 3.8) is 0 Å². The number of nitrogens with zero attached hydrogens (tertiary/aromatic N) is 1. The van der Waals surface area contributed by atoms with Crippen LogP contribution in [-0.2, 0) is 0 Å². The van der Waals surface area contributed by atoms with Crippen LogP contribution in [0.2, 0.25) is 0 Å². The van der Waals surface area contributed by atoms with Crippen LogP contribution in [0.25, 0.3) is 0 Å². The van der Waals surface area contributed by atoms with Crippen LogP contribution in [0, 0.1) is 0 Å². The van der Waals surface area contributed by atoms with Gasteiger partial charge < -0.3 is 15.9 Å². The standard InChI is InChI=1S/C10H16N2O2S/c1-7(11)10-3-2-9(4-12-10)15-6-8(14)5-13/h2-4,7-8,13-14H,5-6,11H2,1H3. The molecule has 0 amide bonds. The van der Waals surface area contributed by atoms with Crippen molar-refractivity contribution < 1.29 is 10.2 Å². The van der Waals surface area contributed by atoms with E-state index in [0.717, 1.165) is 10.6 Å². The zero-order chi connectivity index (χ0) is 11.3. The molecule has 2 atom stereocenters. The molecular formula is C10H16N2O2S. The van der Waals surface area contributed by atoms with Gasteiger partial charge in [0.2, 0.25) is 0 Å². The second-order valence-electron chi connectivity index (χ2n) is 3.35. The average molecular weight is 228 g/mol. The Hall–Kier alpha value is -0.620. The third kappa shape index (κ3) is 4.17. The second kappa shape index (κ2) is 6.07. The summed E-state index contributed by atoms with van der Waals surface area (Å²) in [4.78, 5) is 5.16. The predicted molar refractivity (Wildman–Crippen MR) is 60.7 cm³/mol. The maximum atomic E-state index is 9.15. The highest BCUT2D eigenvalue weighted by Crippen LogP contribution is 2.18. The number of hydrogen-bond donors (Lipinski definition) is 3. The quantitative estimate of drug-likeness (QED) is 0.641. The van der Waals surface area contributed by atoms with Gasteiger partial charge in [-0.15, -0.1) is 11.8 Å². The van der Waals surface area contributed by atoms with Gasteiger partial charge in [-0.1, -0.05) is 0 Å². The Bertz CT molecular complexity index is 290. The van der Waals surface area contributed by atoms with E-state index in [1.807, 2.05) is 19.1 Å². The van der Waals surface area contributed by atoms with Crippen molar-refractivity contribution in [2.45, 2.75) is 24.0 Å². The van der Waals surface area contributed by atoms with Crippen LogP contribution in [0.5, 0.6) is 0 Å². The van der Waals surface area contributed by atoms with Crippen LogP contribution in [-0.4, -0.2) is 33.7 Å². The van der Waals surface area contributed by atoms with E-state index in [1.54, 1.807) is 6.20 Å². The first-order valence-electron chi connectivity index (χ1n) is 4.76. The molecule has 0 fully saturated rings. The molecular weight excluding hydrogens is 212 g/mol. The predicted octanol–water partition coefficient (Wildman–Crippen LogP) is 0.547. The molecule has 0 bridgehead atoms. The van der Waals surface area contributed by atoms with Crippen LogP contribution >= 0.6 is 11.8 Å². The number of aliphatic hydroxyl groups is 2. The molecule has 4 nitrogen and oxygen atoms in total. The Morgan fingerprint density at radius 3 is 2.73 bits per heavy atom. The highest BCUT2D eigenvalue weighted by atomic mass is 32.2. The molecule has 84 valence electrons. The van der Waals surface area contributed by atoms with Crippen molar-refractivity contribution in [2.75, 3.05) is 12.4 Å². The summed E-state index contributed by atoms with van der Waals surface area (Å²) in [5.41, 5.74) is 6.51. The molecule has 0 radical (unpaired) electrons. The highest BCUT2D eigenvalue weighted by Gasteiger charge is 2.04. The minimum atomic E-state index is -0.678. The van der Waals surface area contributed by atoms with Crippen molar-refractivity contribution in [2.24, 2.45) is 5.73 Å². The molecule has 0 spiro atoms. The molecule has 4 N–H and O–H groups in total. The number of aliphatic hydroxyl groups excluding tert-OH is 2. The lowest BCUT2D eigenvalue weighted by atomic mass is 10.2. The summed E-state index contributed by atoms with van der Waals surface area (Å²) in [6.07, 6.45) is 1.05. The van der Waals surface area contributed by atoms with Gasteiger partial charge >= 0.3 is 0 Å². The smallest absolute Gasteiger partial charge is 0.0864 e. The second-order valence-corrected chi connectivity index (χ2v) is 4.45. The Morgan fingerprint density at radius 2 is 2.27 bits per heavy atom. The topological polar surface area (TPSA) is 79.4 Å². The van der Waals surface area contributed by atoms with Crippen LogP contribution < -0.4 is 5.73 Å². The fourth-order valence-corrected chi connectivity index (χ4v) is 1.77. The molecule has 0 aliphatic heterocycles. The van der Waals surface area contributed by atoms with Gasteiger partial charge in [-0.3, -0.25) is 4.98 Å². The molecule has 15 heavy (non-hydrogen) atoms. The summed E-state index contributed by atoms with van der Waals surface area (Å²) >= 11 is 1.46. The van der Waals surface area contributed by atoms with Gasteiger partial charge in [0.05, 0.1) is 18.4 Å². The fraction of sp³-hybridized carbons (Fsp3) is 0.500. The zero-order valence-electron chi connectivity index (χ0n) is 8.63. The average Bonchev–Trinajstić information content (AvgIpc) is 2.26. The zero-order valence-corrected chi connectivity index (χ0v) is 9.44. The van der Waals surface area contributed by atoms with E-state index in [0.29, 0.717) is 5.75 Å². The molecule has 0 aliphatic rings. The Morgan fingerprint density at radius 1 is 1.53 bits per heavy atom. The number of aromatic nitrogens is 1. The lowest BCUT2D eigenvalue weighted by molar-refractivity contribution is 0.113. The molecule has 0 aliphatic carbocycles. The summed E-state index contributed by atoms with van der Waals surface area (Å²) in [5, 5.41) is 17.8. The third-order valence-electron chi connectivity index (χ3n) is 1.88. The molecule has 5 heteroatoms. The maximum Gasteiger partial charge on any atom is 0.0864 e. The normalized spacial score (nSPS) is 14.9. The van der Waals surface area contributed by atoms with E-state index in [4.69, 9.17) is 15.9 Å². The van der Waals surface area contributed by atoms with Crippen molar-refractivity contribution in [1.29, 1.82) is 0 Å². The van der Waals surface area contributed by atoms with Crippen molar-refractivity contribution in [3.8, 4) is 0 Å². The first-order chi connectivity index (χ1) is 7.13. The van der Waals surface area contributed by atoms with Crippen molar-refractivity contribution in [3.05, 3.63) is 24.0 Å². The van der Waals surface area contributed by atoms with E-state index in [1.165, 1.54) is 11.8 Å². The third-order valence-corrected chi connectivity index (χ3v) is 3.01. The molecule has 0 saturated carbocycles. The van der Waals surface area contributed by atoms with Crippen LogP contribution in [0.4, 0.5) is 0 Å². The first kappa shape index (κ1) is 12.4. The largest absolute Gasteiger partial charge is 0.394 e. The molecule has 2 unspecified atom stereocenters. The molecule has 0 saturated heterocycles. The van der Waals surface area contributed by atoms with Gasteiger partial charge in [0.25, 0.3) is 0 Å². The summed E-state index contributed by atoms with van der Waals surface area (Å²) in [6.45, 7) is 1.67. The van der Waals surface area contributed by atoms with Crippen molar-refractivity contribution in [1.82, 2.24) is 4.98 Å². The van der Waals surface area contributed by atoms with Crippen LogP contribution in [0.15, 0.2) is 23.2 Å². The van der Waals surface area contributed by atoms with Gasteiger partial charge in [-0.05, 0) is 19.1 Å². The molecule has 1 aromatic rings. The number of rotatable bonds is 5. The van der Waals surface area contributed by atoms with Crippen molar-refractivity contribution >= 4 is 11.8 Å². The fourth-order valence-electron chi connectivity index (χ4n) is 0.992. The minimum absolute atomic E-state index is 0.0629. The number of pyridine rings is 1. The van der Waals surface area contributed by atoms with Gasteiger partial charge in [0.1, 0.15) is 0 Å². The Kier molecular flexibility index (Phi) is 5.04. The minimum Gasteiger partial charge on any atom is -0.394 e. The van der Waals surface area contributed by atoms with Crippen LogP contribution in [0.3, 0.4) is 0 Å². The van der Waals surface area contributed by atoms with E-state index in [-0.39, 0.29) is 12.6 Å². The van der Waals surface area contributed by atoms with Gasteiger partial charge in [0.15, 0.2) is 0 Å². The Labute approximate surface area is 93.5 Å². The summed E-state index contributed by atoms with van der Waals surface area (Å²) in [5.74, 6) is 0.468. The monoisotopic (exact) mass is 228 g/mol. The van der Waals surface area contributed by atoms with Gasteiger partial charge in [-0.2, -0.15) is 0 Å². The molecule has 1 aromatic heterocycles. The van der Waals surface area contributed by atoms with Gasteiger partial charge in [0, 0.05) is 22.9 Å². The van der Waals surface area contributed by atoms with E-state index >= 15 is 0 Å². The van der Waals surface area contributed by atoms with Gasteiger partial charge in [-0.25, -0.2) is 0 Å². The van der Waals surface area contributed by atoms with E-state index in [9.17, 15) is 0 Å². The van der Waals surface area contributed by atoms with Crippen LogP contribution in [0.1, 0.15) is 18.7 Å². The maximum absolute atomic E-state index is 9.15. The Balaban J connectivity index is 2.50. The first-order valence-corrected chi connectivity index (χ1v) is 5.75. The number of nitrogens with two attached hydrogens (primary N) is 1. The van der Waals surface area contributed by atoms with E-state index < -0.39 is 6.10 Å². The highest BCUT2D eigenvalue weighted by molar-refractivity contribution is 7.99. The SMILES string of the molecule is CC(N)c1ccc(SCC(O)CO)cn1. The molecule has 1 heterocycles. The lowest BCUT2D eigenvalue weighted by Gasteiger charge is -2.07. The number of hydrogen-bond acceptors (Lipinski definition) is 5. The number of thioether (sulfide) groups is 1. The summed E-state index contributed by atoms with van der Waals surface area (Å²) in [6, 6.07) is 3.73. The lowest BCUT2D eigenvalue weighted by Crippen LogP contribution is -2.14. The summed E-state index contributed by atoms with van der Waals surface area (Å²) < 4.78 is 0. The molecule has 1 rings (SSSR count). The summed E-state index contributed by atoms with van der Waals surface area (Å²) in [7, 11) is 0. The van der Waals surface area contributed by atoms with E-state index in [2.05, 4.69) is 4.98 Å². The molecule has 0 aromatic carbocycles.